The molecule has 0 N–H and O–H groups in total. The number of pyridine rings is 2. The summed E-state index contributed by atoms with van der Waals surface area (Å²) in [6.45, 7) is 1.99. The molecule has 0 fully saturated rings. The molecule has 0 bridgehead atoms. The van der Waals surface area contributed by atoms with Crippen LogP contribution in [0.5, 0.6) is 0 Å². The number of ketones is 1. The van der Waals surface area contributed by atoms with Gasteiger partial charge < -0.3 is 9.47 Å². The summed E-state index contributed by atoms with van der Waals surface area (Å²) < 4.78 is 2.07. The average Bonchev–Trinajstić information content (AvgIpc) is 3.06. The zero-order valence-corrected chi connectivity index (χ0v) is 17.0. The van der Waals surface area contributed by atoms with Gasteiger partial charge in [0.05, 0.1) is 18.3 Å². The number of imidazole rings is 1. The molecule has 0 aliphatic heterocycles. The van der Waals surface area contributed by atoms with Gasteiger partial charge in [-0.1, -0.05) is 12.1 Å². The van der Waals surface area contributed by atoms with Gasteiger partial charge in [-0.2, -0.15) is 0 Å². The summed E-state index contributed by atoms with van der Waals surface area (Å²) in [5.41, 5.74) is 3.55. The molecule has 4 aromatic rings. The van der Waals surface area contributed by atoms with Gasteiger partial charge in [0.25, 0.3) is 0 Å². The van der Waals surface area contributed by atoms with Crippen molar-refractivity contribution in [2.75, 3.05) is 19.0 Å². The molecule has 0 aliphatic carbocycles. The monoisotopic (exact) mass is 385 g/mol. The fourth-order valence-electron chi connectivity index (χ4n) is 3.32. The third-order valence-electron chi connectivity index (χ3n) is 5.16. The smallest absolute Gasteiger partial charge is 0.169 e. The van der Waals surface area contributed by atoms with Gasteiger partial charge in [-0.25, -0.2) is 9.97 Å². The van der Waals surface area contributed by atoms with E-state index >= 15 is 0 Å². The predicted octanol–water partition coefficient (Wildman–Crippen LogP) is 3.83. The van der Waals surface area contributed by atoms with Gasteiger partial charge in [-0.3, -0.25) is 9.78 Å². The van der Waals surface area contributed by atoms with E-state index in [0.29, 0.717) is 5.56 Å². The largest absolute Gasteiger partial charge is 0.363 e. The predicted molar refractivity (Wildman–Crippen MR) is 115 cm³/mol. The first-order valence-electron chi connectivity index (χ1n) is 9.46. The summed E-state index contributed by atoms with van der Waals surface area (Å²) in [5, 5.41) is 2.10. The van der Waals surface area contributed by atoms with Crippen molar-refractivity contribution in [1.82, 2.24) is 19.5 Å². The maximum absolute atomic E-state index is 12.8. The third-order valence-corrected chi connectivity index (χ3v) is 5.16. The number of nitrogens with zero attached hydrogens (tertiary/aromatic N) is 5. The maximum atomic E-state index is 12.8. The van der Waals surface area contributed by atoms with E-state index in [0.717, 1.165) is 39.4 Å². The van der Waals surface area contributed by atoms with Crippen molar-refractivity contribution >= 4 is 22.4 Å². The van der Waals surface area contributed by atoms with Gasteiger partial charge in [0.1, 0.15) is 11.6 Å². The van der Waals surface area contributed by atoms with Crippen LogP contribution < -0.4 is 4.90 Å². The minimum Gasteiger partial charge on any atom is -0.363 e. The van der Waals surface area contributed by atoms with Crippen LogP contribution in [0.4, 0.5) is 5.82 Å². The number of rotatable bonds is 5. The number of aryl methyl sites for hydroxylation is 1. The quantitative estimate of drug-likeness (QED) is 0.489. The minimum atomic E-state index is 0.0285. The molecule has 1 aromatic carbocycles. The van der Waals surface area contributed by atoms with Crippen LogP contribution in [-0.4, -0.2) is 39.4 Å². The number of Topliss-reactive ketones (excluding diaryl/α,β-unsaturated/α-hetero) is 1. The van der Waals surface area contributed by atoms with E-state index in [1.54, 1.807) is 12.3 Å². The van der Waals surface area contributed by atoms with Crippen LogP contribution in [0.25, 0.3) is 22.0 Å². The first-order valence-corrected chi connectivity index (χ1v) is 9.46. The molecule has 0 saturated heterocycles. The lowest BCUT2D eigenvalue weighted by Gasteiger charge is -2.11. The molecule has 0 spiro atoms. The lowest BCUT2D eigenvalue weighted by Crippen LogP contribution is -2.12. The van der Waals surface area contributed by atoms with Gasteiger partial charge in [-0.05, 0) is 36.6 Å². The van der Waals surface area contributed by atoms with Crippen LogP contribution in [0.15, 0.2) is 55.0 Å². The van der Waals surface area contributed by atoms with E-state index in [2.05, 4.69) is 37.7 Å². The zero-order valence-electron chi connectivity index (χ0n) is 17.0. The van der Waals surface area contributed by atoms with Gasteiger partial charge in [-0.15, -0.1) is 0 Å². The van der Waals surface area contributed by atoms with Crippen molar-refractivity contribution < 1.29 is 4.79 Å². The van der Waals surface area contributed by atoms with Crippen LogP contribution in [0, 0.1) is 6.92 Å². The molecule has 0 aliphatic rings. The number of hydrogen-bond acceptors (Lipinski definition) is 5. The Morgan fingerprint density at radius 3 is 2.55 bits per heavy atom. The summed E-state index contributed by atoms with van der Waals surface area (Å²) in [6.07, 6.45) is 5.63. The molecule has 0 unspecified atom stereocenters. The molecule has 29 heavy (non-hydrogen) atoms. The number of fused-ring (bicyclic) bond motifs is 1. The standard InChI is InChI=1S/C23H23N5O/c1-15-25-14-21(28(15)4)16-5-6-18-13-26-20(10-19(18)9-16)12-22(29)17-7-8-24-23(11-17)27(2)3/h5-11,13-14H,12H2,1-4H3. The van der Waals surface area contributed by atoms with E-state index < -0.39 is 0 Å². The summed E-state index contributed by atoms with van der Waals surface area (Å²) in [4.78, 5) is 27.8. The Labute approximate surface area is 169 Å². The summed E-state index contributed by atoms with van der Waals surface area (Å²) in [5.74, 6) is 1.76. The topological polar surface area (TPSA) is 63.9 Å². The van der Waals surface area contributed by atoms with E-state index in [1.807, 2.05) is 57.5 Å². The molecule has 4 rings (SSSR count). The van der Waals surface area contributed by atoms with Crippen LogP contribution in [-0.2, 0) is 13.5 Å². The number of carbonyl (C=O) groups is 1. The highest BCUT2D eigenvalue weighted by atomic mass is 16.1. The Morgan fingerprint density at radius 2 is 1.83 bits per heavy atom. The van der Waals surface area contributed by atoms with Gasteiger partial charge in [0.15, 0.2) is 5.78 Å². The van der Waals surface area contributed by atoms with E-state index in [1.165, 1.54) is 0 Å². The molecule has 0 atom stereocenters. The Bertz CT molecular complexity index is 1210. The number of carbonyl (C=O) groups excluding carboxylic acids is 1. The van der Waals surface area contributed by atoms with Crippen LogP contribution in [0.2, 0.25) is 0 Å². The van der Waals surface area contributed by atoms with Crippen LogP contribution >= 0.6 is 0 Å². The Morgan fingerprint density at radius 1 is 1.00 bits per heavy atom. The summed E-state index contributed by atoms with van der Waals surface area (Å²) in [7, 11) is 5.82. The molecule has 6 nitrogen and oxygen atoms in total. The molecule has 0 radical (unpaired) electrons. The number of aromatic nitrogens is 4. The second-order valence-electron chi connectivity index (χ2n) is 7.38. The van der Waals surface area contributed by atoms with Crippen molar-refractivity contribution in [3.8, 4) is 11.3 Å². The van der Waals surface area contributed by atoms with Crippen LogP contribution in [0.1, 0.15) is 21.9 Å². The normalized spacial score (nSPS) is 11.0. The molecule has 3 heterocycles. The fourth-order valence-corrected chi connectivity index (χ4v) is 3.32. The first kappa shape index (κ1) is 18.8. The highest BCUT2D eigenvalue weighted by molar-refractivity contribution is 5.98. The van der Waals surface area contributed by atoms with Crippen molar-refractivity contribution in [3.63, 3.8) is 0 Å². The van der Waals surface area contributed by atoms with E-state index in [-0.39, 0.29) is 12.2 Å². The Balaban J connectivity index is 1.63. The number of anilines is 1. The van der Waals surface area contributed by atoms with E-state index in [9.17, 15) is 4.79 Å². The van der Waals surface area contributed by atoms with Crippen LogP contribution in [0.3, 0.4) is 0 Å². The summed E-state index contributed by atoms with van der Waals surface area (Å²) in [6, 6.07) is 11.8. The molecular weight excluding hydrogens is 362 g/mol. The first-order chi connectivity index (χ1) is 13.9. The van der Waals surface area contributed by atoms with Crippen molar-refractivity contribution in [2.45, 2.75) is 13.3 Å². The highest BCUT2D eigenvalue weighted by Gasteiger charge is 2.12. The van der Waals surface area contributed by atoms with E-state index in [4.69, 9.17) is 0 Å². The second-order valence-corrected chi connectivity index (χ2v) is 7.38. The zero-order chi connectivity index (χ0) is 20.5. The Hall–Kier alpha value is -3.54. The number of benzene rings is 1. The van der Waals surface area contributed by atoms with Gasteiger partial charge >= 0.3 is 0 Å². The van der Waals surface area contributed by atoms with Crippen molar-refractivity contribution in [2.24, 2.45) is 7.05 Å². The average molecular weight is 385 g/mol. The molecule has 146 valence electrons. The highest BCUT2D eigenvalue weighted by Crippen LogP contribution is 2.25. The lowest BCUT2D eigenvalue weighted by atomic mass is 10.0. The molecule has 6 heteroatoms. The third kappa shape index (κ3) is 3.74. The Kier molecular flexibility index (Phi) is 4.84. The molecule has 0 amide bonds. The molecule has 0 saturated carbocycles. The fraction of sp³-hybridized carbons (Fsp3) is 0.217. The summed E-state index contributed by atoms with van der Waals surface area (Å²) >= 11 is 0. The van der Waals surface area contributed by atoms with Gasteiger partial charge in [0.2, 0.25) is 0 Å². The van der Waals surface area contributed by atoms with Crippen molar-refractivity contribution in [1.29, 1.82) is 0 Å². The SMILES string of the molecule is Cc1ncc(-c2ccc3cnc(CC(=O)c4ccnc(N(C)C)c4)cc3c2)n1C. The molecular formula is C23H23N5O. The number of hydrogen-bond donors (Lipinski definition) is 0. The lowest BCUT2D eigenvalue weighted by molar-refractivity contribution is 0.0992. The second kappa shape index (κ2) is 7.47. The minimum absolute atomic E-state index is 0.0285. The van der Waals surface area contributed by atoms with Crippen molar-refractivity contribution in [3.05, 3.63) is 72.1 Å². The maximum Gasteiger partial charge on any atom is 0.169 e. The van der Waals surface area contributed by atoms with Gasteiger partial charge in [0, 0.05) is 55.7 Å². The molecule has 3 aromatic heterocycles.